The highest BCUT2D eigenvalue weighted by atomic mass is 127. The first kappa shape index (κ1) is 21.9. The highest BCUT2D eigenvalue weighted by molar-refractivity contribution is 14.1. The molecule has 0 aliphatic heterocycles. The SMILES string of the molecule is CCOC(=O)CCNc1nnc(-c2ccc(F)c(F)c2Nc2ccc(I)cc2F)o1. The molecule has 11 heteroatoms. The van der Waals surface area contributed by atoms with Crippen LogP contribution in [0.3, 0.4) is 0 Å². The molecule has 3 aromatic rings. The summed E-state index contributed by atoms with van der Waals surface area (Å²) >= 11 is 1.93. The Labute approximate surface area is 183 Å². The third-order valence-electron chi connectivity index (χ3n) is 3.85. The number of hydrogen-bond acceptors (Lipinski definition) is 7. The minimum atomic E-state index is -1.22. The number of carbonyl (C=O) groups excluding carboxylic acids is 1. The van der Waals surface area contributed by atoms with E-state index in [0.717, 1.165) is 6.07 Å². The Morgan fingerprint density at radius 2 is 1.97 bits per heavy atom. The van der Waals surface area contributed by atoms with E-state index in [1.54, 1.807) is 13.0 Å². The standard InChI is InChI=1S/C19H16F3IN4O3/c1-2-29-15(28)7-8-24-19-27-26-18(30-19)11-4-5-12(20)16(22)17(11)25-14-6-3-10(23)9-13(14)21/h3-6,9,25H,2,7-8H2,1H3,(H,24,27). The third-order valence-corrected chi connectivity index (χ3v) is 4.52. The molecule has 0 fully saturated rings. The molecule has 0 saturated heterocycles. The fraction of sp³-hybridized carbons (Fsp3) is 0.211. The topological polar surface area (TPSA) is 89.3 Å². The Bertz CT molecular complexity index is 1060. The second-order valence-electron chi connectivity index (χ2n) is 5.93. The lowest BCUT2D eigenvalue weighted by Gasteiger charge is -2.12. The minimum absolute atomic E-state index is 0.0228. The Balaban J connectivity index is 1.83. The Kier molecular flexibility index (Phi) is 7.13. The lowest BCUT2D eigenvalue weighted by molar-refractivity contribution is -0.142. The van der Waals surface area contributed by atoms with Gasteiger partial charge in [0.05, 0.1) is 30.0 Å². The zero-order valence-corrected chi connectivity index (χ0v) is 17.8. The van der Waals surface area contributed by atoms with Crippen molar-refractivity contribution in [2.45, 2.75) is 13.3 Å². The van der Waals surface area contributed by atoms with E-state index in [1.807, 2.05) is 22.6 Å². The van der Waals surface area contributed by atoms with Crippen molar-refractivity contribution in [3.63, 3.8) is 0 Å². The largest absolute Gasteiger partial charge is 0.466 e. The summed E-state index contributed by atoms with van der Waals surface area (Å²) in [5.41, 5.74) is -0.358. The molecule has 0 amide bonds. The molecule has 0 aliphatic carbocycles. The van der Waals surface area contributed by atoms with E-state index in [1.165, 1.54) is 18.2 Å². The fourth-order valence-corrected chi connectivity index (χ4v) is 2.94. The maximum atomic E-state index is 14.5. The average Bonchev–Trinajstić information content (AvgIpc) is 3.16. The number of rotatable bonds is 8. The van der Waals surface area contributed by atoms with Crippen LogP contribution in [0.5, 0.6) is 0 Å². The fourth-order valence-electron chi connectivity index (χ4n) is 2.48. The van der Waals surface area contributed by atoms with E-state index in [9.17, 15) is 18.0 Å². The molecule has 0 aliphatic rings. The van der Waals surface area contributed by atoms with E-state index in [0.29, 0.717) is 3.57 Å². The Morgan fingerprint density at radius 3 is 2.70 bits per heavy atom. The van der Waals surface area contributed by atoms with Gasteiger partial charge in [-0.05, 0) is 59.8 Å². The van der Waals surface area contributed by atoms with Crippen molar-refractivity contribution in [3.05, 3.63) is 51.4 Å². The van der Waals surface area contributed by atoms with Gasteiger partial charge in [-0.2, -0.15) is 0 Å². The molecule has 1 aromatic heterocycles. The second-order valence-corrected chi connectivity index (χ2v) is 7.17. The first-order valence-corrected chi connectivity index (χ1v) is 9.90. The summed E-state index contributed by atoms with van der Waals surface area (Å²) in [5.74, 6) is -3.50. The highest BCUT2D eigenvalue weighted by Gasteiger charge is 2.20. The van der Waals surface area contributed by atoms with Gasteiger partial charge in [0.25, 0.3) is 5.89 Å². The predicted molar refractivity (Wildman–Crippen MR) is 112 cm³/mol. The number of nitrogens with one attached hydrogen (secondary N) is 2. The van der Waals surface area contributed by atoms with Crippen molar-refractivity contribution in [1.29, 1.82) is 0 Å². The lowest BCUT2D eigenvalue weighted by Crippen LogP contribution is -2.11. The zero-order valence-electron chi connectivity index (χ0n) is 15.6. The molecule has 0 atom stereocenters. The summed E-state index contributed by atoms with van der Waals surface area (Å²) in [5, 5.41) is 12.9. The molecule has 7 nitrogen and oxygen atoms in total. The number of aromatic nitrogens is 2. The van der Waals surface area contributed by atoms with Gasteiger partial charge in [-0.25, -0.2) is 13.2 Å². The van der Waals surface area contributed by atoms with Crippen LogP contribution >= 0.6 is 22.6 Å². The van der Waals surface area contributed by atoms with Crippen LogP contribution in [0.2, 0.25) is 0 Å². The number of ether oxygens (including phenoxy) is 1. The number of nitrogens with zero attached hydrogens (tertiary/aromatic N) is 2. The van der Waals surface area contributed by atoms with E-state index in [4.69, 9.17) is 9.15 Å². The molecule has 30 heavy (non-hydrogen) atoms. The summed E-state index contributed by atoms with van der Waals surface area (Å²) in [7, 11) is 0. The van der Waals surface area contributed by atoms with Crippen LogP contribution in [0.15, 0.2) is 34.7 Å². The van der Waals surface area contributed by atoms with Crippen molar-refractivity contribution in [2.75, 3.05) is 23.8 Å². The van der Waals surface area contributed by atoms with Gasteiger partial charge in [0, 0.05) is 10.1 Å². The molecule has 1 heterocycles. The van der Waals surface area contributed by atoms with Gasteiger partial charge in [-0.15, -0.1) is 5.10 Å². The average molecular weight is 532 g/mol. The second kappa shape index (κ2) is 9.78. The van der Waals surface area contributed by atoms with Crippen LogP contribution in [0.4, 0.5) is 30.6 Å². The number of esters is 1. The van der Waals surface area contributed by atoms with E-state index in [-0.39, 0.29) is 48.4 Å². The van der Waals surface area contributed by atoms with Crippen molar-refractivity contribution in [1.82, 2.24) is 10.2 Å². The van der Waals surface area contributed by atoms with E-state index in [2.05, 4.69) is 20.8 Å². The summed E-state index contributed by atoms with van der Waals surface area (Å²) < 4.78 is 53.4. The maximum absolute atomic E-state index is 14.5. The van der Waals surface area contributed by atoms with Crippen LogP contribution in [0, 0.1) is 21.0 Å². The number of carbonyl (C=O) groups is 1. The predicted octanol–water partition coefficient (Wildman–Crippen LogP) is 4.87. The first-order chi connectivity index (χ1) is 14.4. The van der Waals surface area contributed by atoms with Crippen LogP contribution in [0.25, 0.3) is 11.5 Å². The van der Waals surface area contributed by atoms with Crippen molar-refractivity contribution >= 4 is 45.9 Å². The van der Waals surface area contributed by atoms with Gasteiger partial charge in [0.2, 0.25) is 0 Å². The molecule has 0 bridgehead atoms. The molecular formula is C19H16F3IN4O3. The van der Waals surface area contributed by atoms with Crippen LogP contribution in [-0.2, 0) is 9.53 Å². The van der Waals surface area contributed by atoms with E-state index < -0.39 is 23.4 Å². The molecule has 0 unspecified atom stereocenters. The van der Waals surface area contributed by atoms with Crippen molar-refractivity contribution in [3.8, 4) is 11.5 Å². The quantitative estimate of drug-likeness (QED) is 0.316. The van der Waals surface area contributed by atoms with Crippen molar-refractivity contribution < 1.29 is 27.1 Å². The molecule has 2 aromatic carbocycles. The zero-order chi connectivity index (χ0) is 21.7. The molecule has 0 radical (unpaired) electrons. The number of halogens is 4. The van der Waals surface area contributed by atoms with Gasteiger partial charge < -0.3 is 19.8 Å². The lowest BCUT2D eigenvalue weighted by atomic mass is 10.1. The first-order valence-electron chi connectivity index (χ1n) is 8.82. The summed E-state index contributed by atoms with van der Waals surface area (Å²) in [4.78, 5) is 11.4. The van der Waals surface area contributed by atoms with Crippen LogP contribution in [-0.4, -0.2) is 29.3 Å². The number of anilines is 3. The summed E-state index contributed by atoms with van der Waals surface area (Å²) in [6.07, 6.45) is 0.0790. The molecule has 0 spiro atoms. The molecule has 158 valence electrons. The van der Waals surface area contributed by atoms with Crippen LogP contribution < -0.4 is 10.6 Å². The van der Waals surface area contributed by atoms with Gasteiger partial charge in [-0.3, -0.25) is 4.79 Å². The normalized spacial score (nSPS) is 10.7. The molecular weight excluding hydrogens is 516 g/mol. The summed E-state index contributed by atoms with van der Waals surface area (Å²) in [6, 6.07) is 6.38. The highest BCUT2D eigenvalue weighted by Crippen LogP contribution is 2.34. The molecule has 0 saturated carbocycles. The Hall–Kier alpha value is -2.83. The molecule has 2 N–H and O–H groups in total. The number of benzene rings is 2. The molecule has 3 rings (SSSR count). The van der Waals surface area contributed by atoms with Gasteiger partial charge in [0.15, 0.2) is 11.6 Å². The third kappa shape index (κ3) is 5.20. The maximum Gasteiger partial charge on any atom is 0.315 e. The van der Waals surface area contributed by atoms with Gasteiger partial charge in [0.1, 0.15) is 5.82 Å². The smallest absolute Gasteiger partial charge is 0.315 e. The Morgan fingerprint density at radius 1 is 1.17 bits per heavy atom. The monoisotopic (exact) mass is 532 g/mol. The summed E-state index contributed by atoms with van der Waals surface area (Å²) in [6.45, 7) is 2.15. The van der Waals surface area contributed by atoms with Gasteiger partial charge >= 0.3 is 12.0 Å². The van der Waals surface area contributed by atoms with Crippen LogP contribution in [0.1, 0.15) is 13.3 Å². The van der Waals surface area contributed by atoms with Gasteiger partial charge in [-0.1, -0.05) is 5.10 Å². The number of hydrogen-bond donors (Lipinski definition) is 2. The van der Waals surface area contributed by atoms with Crippen molar-refractivity contribution in [2.24, 2.45) is 0 Å². The minimum Gasteiger partial charge on any atom is -0.466 e. The van der Waals surface area contributed by atoms with E-state index >= 15 is 0 Å².